The van der Waals surface area contributed by atoms with E-state index in [9.17, 15) is 13.5 Å². The van der Waals surface area contributed by atoms with Crippen molar-refractivity contribution in [3.05, 3.63) is 59.7 Å². The van der Waals surface area contributed by atoms with Gasteiger partial charge in [0.15, 0.2) is 0 Å². The zero-order chi connectivity index (χ0) is 17.0. The highest BCUT2D eigenvalue weighted by atomic mass is 35.5. The number of primary sulfonamides is 1. The molecule has 0 fully saturated rings. The Morgan fingerprint density at radius 3 is 2.33 bits per heavy atom. The van der Waals surface area contributed by atoms with E-state index < -0.39 is 10.0 Å². The number of phenolic OH excluding ortho intramolecular Hbond substituents is 1. The van der Waals surface area contributed by atoms with Crippen molar-refractivity contribution >= 4 is 22.4 Å². The molecular weight excluding hydrogens is 348 g/mol. The second-order valence-corrected chi connectivity index (χ2v) is 7.28. The lowest BCUT2D eigenvalue weighted by Gasteiger charge is -2.20. The average molecular weight is 371 g/mol. The summed E-state index contributed by atoms with van der Waals surface area (Å²) in [6, 6.07) is 14.9. The monoisotopic (exact) mass is 370 g/mol. The third-order valence-electron chi connectivity index (χ3n) is 3.71. The molecule has 0 aliphatic carbocycles. The molecule has 0 spiro atoms. The number of rotatable bonds is 6. The highest BCUT2D eigenvalue weighted by Gasteiger charge is 2.16. The second-order valence-electron chi connectivity index (χ2n) is 5.75. The van der Waals surface area contributed by atoms with Gasteiger partial charge < -0.3 is 10.4 Å². The van der Waals surface area contributed by atoms with Crippen molar-refractivity contribution in [3.8, 4) is 5.75 Å². The largest absolute Gasteiger partial charge is 0.507 e. The van der Waals surface area contributed by atoms with E-state index in [-0.39, 0.29) is 35.1 Å². The molecule has 0 heterocycles. The van der Waals surface area contributed by atoms with Crippen LogP contribution in [0, 0.1) is 0 Å². The second kappa shape index (κ2) is 8.48. The quantitative estimate of drug-likeness (QED) is 0.728. The first-order chi connectivity index (χ1) is 10.8. The van der Waals surface area contributed by atoms with Gasteiger partial charge in [0.1, 0.15) is 10.6 Å². The standard InChI is InChI=1S/C17H22N2O3S.ClH/c1-12(19-13(2)15-6-4-3-5-7-15)10-14-8-9-16(20)17(11-14)23(18,21)22;/h3-9,11-13,19-20H,10H2,1-2H3,(H2,18,21,22);1H/t12-,13-;/m1./s1. The SMILES string of the molecule is C[C@H](Cc1ccc(O)c(S(N)(=O)=O)c1)N[C@H](C)c1ccccc1.Cl. The van der Waals surface area contributed by atoms with Crippen LogP contribution in [0.15, 0.2) is 53.4 Å². The van der Waals surface area contributed by atoms with Crippen LogP contribution in [0.2, 0.25) is 0 Å². The van der Waals surface area contributed by atoms with Crippen LogP contribution in [0.3, 0.4) is 0 Å². The van der Waals surface area contributed by atoms with Gasteiger partial charge in [0.2, 0.25) is 10.0 Å². The van der Waals surface area contributed by atoms with Crippen molar-refractivity contribution in [3.63, 3.8) is 0 Å². The number of nitrogens with two attached hydrogens (primary N) is 1. The van der Waals surface area contributed by atoms with Crippen LogP contribution in [0.1, 0.15) is 31.0 Å². The van der Waals surface area contributed by atoms with E-state index in [0.717, 1.165) is 5.56 Å². The van der Waals surface area contributed by atoms with E-state index in [1.165, 1.54) is 17.7 Å². The first-order valence-corrected chi connectivity index (χ1v) is 8.97. The van der Waals surface area contributed by atoms with Gasteiger partial charge in [0.05, 0.1) is 0 Å². The van der Waals surface area contributed by atoms with Crippen LogP contribution in [0.25, 0.3) is 0 Å². The number of nitrogens with one attached hydrogen (secondary N) is 1. The molecule has 2 atom stereocenters. The Bertz CT molecular complexity index is 767. The molecule has 0 amide bonds. The molecule has 2 rings (SSSR count). The molecule has 0 aromatic heterocycles. The van der Waals surface area contributed by atoms with Gasteiger partial charge in [-0.25, -0.2) is 13.6 Å². The predicted molar refractivity (Wildman–Crippen MR) is 97.9 cm³/mol. The van der Waals surface area contributed by atoms with E-state index in [1.807, 2.05) is 25.1 Å². The number of benzene rings is 2. The number of hydrogen-bond donors (Lipinski definition) is 3. The maximum atomic E-state index is 11.5. The molecule has 0 aliphatic rings. The molecular formula is C17H23ClN2O3S. The van der Waals surface area contributed by atoms with Gasteiger partial charge in [-0.3, -0.25) is 0 Å². The lowest BCUT2D eigenvalue weighted by atomic mass is 10.0. The summed E-state index contributed by atoms with van der Waals surface area (Å²) in [5.41, 5.74) is 1.99. The van der Waals surface area contributed by atoms with Gasteiger partial charge in [-0.2, -0.15) is 0 Å². The van der Waals surface area contributed by atoms with Crippen molar-refractivity contribution in [2.45, 2.75) is 37.2 Å². The number of aromatic hydroxyl groups is 1. The minimum atomic E-state index is -3.93. The Morgan fingerprint density at radius 1 is 1.12 bits per heavy atom. The van der Waals surface area contributed by atoms with Crippen molar-refractivity contribution in [1.29, 1.82) is 0 Å². The van der Waals surface area contributed by atoms with Gasteiger partial charge in [-0.05, 0) is 43.5 Å². The predicted octanol–water partition coefficient (Wildman–Crippen LogP) is 2.74. The Kier molecular flexibility index (Phi) is 7.23. The number of halogens is 1. The minimum absolute atomic E-state index is 0. The molecule has 7 heteroatoms. The summed E-state index contributed by atoms with van der Waals surface area (Å²) >= 11 is 0. The summed E-state index contributed by atoms with van der Waals surface area (Å²) < 4.78 is 22.9. The molecule has 24 heavy (non-hydrogen) atoms. The maximum Gasteiger partial charge on any atom is 0.241 e. The summed E-state index contributed by atoms with van der Waals surface area (Å²) in [6.45, 7) is 4.11. The highest BCUT2D eigenvalue weighted by Crippen LogP contribution is 2.23. The van der Waals surface area contributed by atoms with Gasteiger partial charge in [0, 0.05) is 12.1 Å². The summed E-state index contributed by atoms with van der Waals surface area (Å²) in [7, 11) is -3.93. The summed E-state index contributed by atoms with van der Waals surface area (Å²) in [5, 5.41) is 18.2. The lowest BCUT2D eigenvalue weighted by molar-refractivity contribution is 0.456. The molecule has 0 bridgehead atoms. The molecule has 0 unspecified atom stereocenters. The van der Waals surface area contributed by atoms with Gasteiger partial charge in [-0.1, -0.05) is 36.4 Å². The minimum Gasteiger partial charge on any atom is -0.507 e. The average Bonchev–Trinajstić information content (AvgIpc) is 2.49. The fraction of sp³-hybridized carbons (Fsp3) is 0.294. The van der Waals surface area contributed by atoms with Crippen molar-refractivity contribution in [2.75, 3.05) is 0 Å². The van der Waals surface area contributed by atoms with E-state index in [2.05, 4.69) is 24.4 Å². The lowest BCUT2D eigenvalue weighted by Crippen LogP contribution is -2.30. The Hall–Kier alpha value is -1.60. The third-order valence-corrected chi connectivity index (χ3v) is 4.65. The van der Waals surface area contributed by atoms with E-state index in [0.29, 0.717) is 6.42 Å². The van der Waals surface area contributed by atoms with Gasteiger partial charge >= 0.3 is 0 Å². The number of sulfonamides is 1. The zero-order valence-corrected chi connectivity index (χ0v) is 15.3. The fourth-order valence-electron chi connectivity index (χ4n) is 2.59. The first kappa shape index (κ1) is 20.4. The normalized spacial score (nSPS) is 13.8. The van der Waals surface area contributed by atoms with E-state index in [4.69, 9.17) is 5.14 Å². The first-order valence-electron chi connectivity index (χ1n) is 7.43. The molecule has 132 valence electrons. The molecule has 0 saturated carbocycles. The van der Waals surface area contributed by atoms with Crippen LogP contribution >= 0.6 is 12.4 Å². The number of phenols is 1. The summed E-state index contributed by atoms with van der Waals surface area (Å²) in [6.07, 6.45) is 0.625. The van der Waals surface area contributed by atoms with Gasteiger partial charge in [0.25, 0.3) is 0 Å². The van der Waals surface area contributed by atoms with Crippen LogP contribution < -0.4 is 10.5 Å². The Balaban J connectivity index is 0.00000288. The Morgan fingerprint density at radius 2 is 1.75 bits per heavy atom. The Labute approximate surface area is 149 Å². The third kappa shape index (κ3) is 5.49. The van der Waals surface area contributed by atoms with E-state index >= 15 is 0 Å². The number of hydrogen-bond acceptors (Lipinski definition) is 4. The molecule has 0 radical (unpaired) electrons. The smallest absolute Gasteiger partial charge is 0.241 e. The maximum absolute atomic E-state index is 11.5. The van der Waals surface area contributed by atoms with Crippen LogP contribution in [-0.4, -0.2) is 19.6 Å². The molecule has 2 aromatic rings. The van der Waals surface area contributed by atoms with Crippen molar-refractivity contribution < 1.29 is 13.5 Å². The highest BCUT2D eigenvalue weighted by molar-refractivity contribution is 7.89. The molecule has 5 nitrogen and oxygen atoms in total. The fourth-order valence-corrected chi connectivity index (χ4v) is 3.27. The van der Waals surface area contributed by atoms with Gasteiger partial charge in [-0.15, -0.1) is 12.4 Å². The van der Waals surface area contributed by atoms with E-state index in [1.54, 1.807) is 6.07 Å². The van der Waals surface area contributed by atoms with Crippen molar-refractivity contribution in [1.82, 2.24) is 5.32 Å². The van der Waals surface area contributed by atoms with Crippen LogP contribution in [-0.2, 0) is 16.4 Å². The zero-order valence-electron chi connectivity index (χ0n) is 13.6. The summed E-state index contributed by atoms with van der Waals surface area (Å²) in [5.74, 6) is -0.325. The molecule has 0 aliphatic heterocycles. The molecule has 4 N–H and O–H groups in total. The van der Waals surface area contributed by atoms with Crippen LogP contribution in [0.4, 0.5) is 0 Å². The molecule has 2 aromatic carbocycles. The molecule has 0 saturated heterocycles. The van der Waals surface area contributed by atoms with Crippen LogP contribution in [0.5, 0.6) is 5.75 Å². The van der Waals surface area contributed by atoms with Crippen molar-refractivity contribution in [2.24, 2.45) is 5.14 Å². The summed E-state index contributed by atoms with van der Waals surface area (Å²) in [4.78, 5) is -0.238. The topological polar surface area (TPSA) is 92.4 Å².